The van der Waals surface area contributed by atoms with Gasteiger partial charge in [0.1, 0.15) is 17.3 Å². The van der Waals surface area contributed by atoms with Crippen LogP contribution in [0.3, 0.4) is 0 Å². The molecule has 3 rings (SSSR count). The van der Waals surface area contributed by atoms with Crippen LogP contribution in [0, 0.1) is 11.7 Å². The lowest BCUT2D eigenvalue weighted by Crippen LogP contribution is -2.27. The molecule has 1 heterocycles. The average molecular weight is 431 g/mol. The molecule has 0 N–H and O–H groups in total. The van der Waals surface area contributed by atoms with E-state index in [-0.39, 0.29) is 5.56 Å². The number of benzene rings is 2. The number of hydrogen-bond acceptors (Lipinski definition) is 5. The molecule has 1 aliphatic rings. The Morgan fingerprint density at radius 1 is 1.00 bits per heavy atom. The summed E-state index contributed by atoms with van der Waals surface area (Å²) in [6, 6.07) is 10.9. The maximum Gasteiger partial charge on any atom is 0.343 e. The van der Waals surface area contributed by atoms with Crippen LogP contribution in [0.1, 0.15) is 68.2 Å². The lowest BCUT2D eigenvalue weighted by atomic mass is 10.0. The van der Waals surface area contributed by atoms with Gasteiger partial charge in [-0.2, -0.15) is 0 Å². The van der Waals surface area contributed by atoms with Crippen LogP contribution < -0.4 is 9.47 Å². The van der Waals surface area contributed by atoms with Gasteiger partial charge in [0, 0.05) is 11.5 Å². The molecule has 168 valence electrons. The summed E-state index contributed by atoms with van der Waals surface area (Å²) in [5.74, 6) is 0.217. The molecular formula is C25H31FO5. The summed E-state index contributed by atoms with van der Waals surface area (Å²) in [5.41, 5.74) is 0.418. The molecule has 0 saturated carbocycles. The highest BCUT2D eigenvalue weighted by atomic mass is 19.1. The van der Waals surface area contributed by atoms with Gasteiger partial charge in [0.15, 0.2) is 6.29 Å². The minimum absolute atomic E-state index is 0.125. The van der Waals surface area contributed by atoms with E-state index in [1.54, 1.807) is 24.3 Å². The van der Waals surface area contributed by atoms with Crippen LogP contribution in [-0.4, -0.2) is 25.8 Å². The third kappa shape index (κ3) is 6.77. The maximum atomic E-state index is 14.7. The molecule has 2 aromatic rings. The Hall–Kier alpha value is -2.44. The molecule has 2 aromatic carbocycles. The Labute approximate surface area is 183 Å². The third-order valence-electron chi connectivity index (χ3n) is 5.27. The molecule has 0 radical (unpaired) electrons. The number of carbonyl (C=O) groups is 1. The smallest absolute Gasteiger partial charge is 0.343 e. The summed E-state index contributed by atoms with van der Waals surface area (Å²) < 4.78 is 36.9. The Balaban J connectivity index is 1.53. The van der Waals surface area contributed by atoms with E-state index in [4.69, 9.17) is 18.9 Å². The zero-order chi connectivity index (χ0) is 22.1. The molecule has 0 atom stereocenters. The Bertz CT molecular complexity index is 828. The molecule has 1 aliphatic heterocycles. The molecule has 0 spiro atoms. The van der Waals surface area contributed by atoms with Gasteiger partial charge < -0.3 is 18.9 Å². The first kappa shape index (κ1) is 23.2. The summed E-state index contributed by atoms with van der Waals surface area (Å²) in [6.07, 6.45) is 5.15. The maximum absolute atomic E-state index is 14.7. The first-order valence-electron chi connectivity index (χ1n) is 11.1. The second-order valence-electron chi connectivity index (χ2n) is 7.74. The largest absolute Gasteiger partial charge is 0.494 e. The molecule has 0 amide bonds. The van der Waals surface area contributed by atoms with Gasteiger partial charge in [-0.25, -0.2) is 9.18 Å². The van der Waals surface area contributed by atoms with Crippen LogP contribution in [0.15, 0.2) is 42.5 Å². The fourth-order valence-electron chi connectivity index (χ4n) is 3.53. The lowest BCUT2D eigenvalue weighted by molar-refractivity contribution is -0.207. The standard InChI is InChI=1S/C25H31FO5/c1-3-5-6-7-8-18-16-29-25(30-17-18)22-14-9-19(15-23(22)26)24(27)31-21-12-10-20(11-13-21)28-4-2/h9-15,18,25H,3-8,16-17H2,1-2H3. The second-order valence-corrected chi connectivity index (χ2v) is 7.74. The first-order valence-corrected chi connectivity index (χ1v) is 11.1. The van der Waals surface area contributed by atoms with Crippen molar-refractivity contribution in [3.63, 3.8) is 0 Å². The van der Waals surface area contributed by atoms with Gasteiger partial charge in [0.25, 0.3) is 0 Å². The van der Waals surface area contributed by atoms with E-state index in [0.717, 1.165) is 18.9 Å². The summed E-state index contributed by atoms with van der Waals surface area (Å²) >= 11 is 0. The van der Waals surface area contributed by atoms with Crippen molar-refractivity contribution in [3.8, 4) is 11.5 Å². The van der Waals surface area contributed by atoms with Crippen molar-refractivity contribution in [3.05, 3.63) is 59.4 Å². The van der Waals surface area contributed by atoms with Crippen molar-refractivity contribution in [1.82, 2.24) is 0 Å². The zero-order valence-corrected chi connectivity index (χ0v) is 18.3. The van der Waals surface area contributed by atoms with Gasteiger partial charge >= 0.3 is 5.97 Å². The summed E-state index contributed by atoms with van der Waals surface area (Å²) in [7, 11) is 0. The molecule has 0 unspecified atom stereocenters. The summed E-state index contributed by atoms with van der Waals surface area (Å²) in [4.78, 5) is 12.4. The molecule has 1 fully saturated rings. The van der Waals surface area contributed by atoms with Gasteiger partial charge in [-0.15, -0.1) is 0 Å². The van der Waals surface area contributed by atoms with Gasteiger partial charge in [0.05, 0.1) is 25.4 Å². The lowest BCUT2D eigenvalue weighted by Gasteiger charge is -2.30. The van der Waals surface area contributed by atoms with Crippen LogP contribution in [0.5, 0.6) is 11.5 Å². The van der Waals surface area contributed by atoms with Gasteiger partial charge in [-0.05, 0) is 49.7 Å². The van der Waals surface area contributed by atoms with Crippen molar-refractivity contribution < 1.29 is 28.1 Å². The molecule has 6 heteroatoms. The summed E-state index contributed by atoms with van der Waals surface area (Å²) in [5, 5.41) is 0. The topological polar surface area (TPSA) is 54.0 Å². The van der Waals surface area contributed by atoms with E-state index in [1.807, 2.05) is 6.92 Å². The van der Waals surface area contributed by atoms with Crippen molar-refractivity contribution in [2.24, 2.45) is 5.92 Å². The minimum atomic E-state index is -0.747. The van der Waals surface area contributed by atoms with Crippen molar-refractivity contribution in [2.45, 2.75) is 52.2 Å². The van der Waals surface area contributed by atoms with E-state index in [1.165, 1.54) is 31.4 Å². The van der Waals surface area contributed by atoms with Gasteiger partial charge in [-0.3, -0.25) is 0 Å². The zero-order valence-electron chi connectivity index (χ0n) is 18.3. The third-order valence-corrected chi connectivity index (χ3v) is 5.27. The number of halogens is 1. The number of esters is 1. The fraction of sp³-hybridized carbons (Fsp3) is 0.480. The number of ether oxygens (including phenoxy) is 4. The normalized spacial score (nSPS) is 18.5. The van der Waals surface area contributed by atoms with Crippen molar-refractivity contribution in [2.75, 3.05) is 19.8 Å². The highest BCUT2D eigenvalue weighted by Gasteiger charge is 2.26. The Morgan fingerprint density at radius 3 is 2.35 bits per heavy atom. The first-order chi connectivity index (χ1) is 15.1. The SMILES string of the molecule is CCCCCCC1COC(c2ccc(C(=O)Oc3ccc(OCC)cc3)cc2F)OC1. The Kier molecular flexibility index (Phi) is 8.85. The van der Waals surface area contributed by atoms with Crippen LogP contribution in [-0.2, 0) is 9.47 Å². The fourth-order valence-corrected chi connectivity index (χ4v) is 3.53. The number of unbranched alkanes of at least 4 members (excludes halogenated alkanes) is 3. The van der Waals surface area contributed by atoms with E-state index >= 15 is 0 Å². The highest BCUT2D eigenvalue weighted by Crippen LogP contribution is 2.29. The van der Waals surface area contributed by atoms with Gasteiger partial charge in [-0.1, -0.05) is 38.7 Å². The van der Waals surface area contributed by atoms with Crippen LogP contribution in [0.4, 0.5) is 4.39 Å². The second kappa shape index (κ2) is 11.8. The molecule has 31 heavy (non-hydrogen) atoms. The van der Waals surface area contributed by atoms with E-state index in [9.17, 15) is 9.18 Å². The molecular weight excluding hydrogens is 399 g/mol. The van der Waals surface area contributed by atoms with Crippen LogP contribution in [0.2, 0.25) is 0 Å². The number of rotatable bonds is 10. The van der Waals surface area contributed by atoms with Gasteiger partial charge in [0.2, 0.25) is 0 Å². The van der Waals surface area contributed by atoms with E-state index < -0.39 is 18.1 Å². The Morgan fingerprint density at radius 2 is 1.71 bits per heavy atom. The molecule has 5 nitrogen and oxygen atoms in total. The highest BCUT2D eigenvalue weighted by molar-refractivity contribution is 5.91. The predicted octanol–water partition coefficient (Wildman–Crippen LogP) is 6.08. The molecule has 0 aromatic heterocycles. The van der Waals surface area contributed by atoms with E-state index in [0.29, 0.717) is 42.8 Å². The molecule has 1 saturated heterocycles. The van der Waals surface area contributed by atoms with Crippen molar-refractivity contribution >= 4 is 5.97 Å². The van der Waals surface area contributed by atoms with Crippen molar-refractivity contribution in [1.29, 1.82) is 0 Å². The van der Waals surface area contributed by atoms with E-state index in [2.05, 4.69) is 6.92 Å². The minimum Gasteiger partial charge on any atom is -0.494 e. The molecule has 0 aliphatic carbocycles. The van der Waals surface area contributed by atoms with Crippen LogP contribution in [0.25, 0.3) is 0 Å². The monoisotopic (exact) mass is 430 g/mol. The molecule has 0 bridgehead atoms. The quantitative estimate of drug-likeness (QED) is 0.260. The number of carbonyl (C=O) groups excluding carboxylic acids is 1. The van der Waals surface area contributed by atoms with Crippen LogP contribution >= 0.6 is 0 Å². The average Bonchev–Trinajstić information content (AvgIpc) is 2.79. The summed E-state index contributed by atoms with van der Waals surface area (Å²) in [6.45, 7) is 5.74. The predicted molar refractivity (Wildman–Crippen MR) is 116 cm³/mol. The number of hydrogen-bond donors (Lipinski definition) is 0.